The summed E-state index contributed by atoms with van der Waals surface area (Å²) in [5.74, 6) is 1.16. The summed E-state index contributed by atoms with van der Waals surface area (Å²) in [6, 6.07) is 7.30. The molecular formula is C15H16ClN5O2S. The molecule has 0 aliphatic heterocycles. The third-order valence-corrected chi connectivity index (χ3v) is 4.54. The number of nitrogens with one attached hydrogen (secondary N) is 1. The van der Waals surface area contributed by atoms with E-state index in [4.69, 9.17) is 11.6 Å². The predicted molar refractivity (Wildman–Crippen MR) is 94.6 cm³/mol. The van der Waals surface area contributed by atoms with Crippen molar-refractivity contribution >= 4 is 38.3 Å². The van der Waals surface area contributed by atoms with Crippen LogP contribution in [0.4, 0.5) is 5.82 Å². The lowest BCUT2D eigenvalue weighted by Crippen LogP contribution is -2.15. The molecule has 2 aromatic heterocycles. The first-order valence-electron chi connectivity index (χ1n) is 7.23. The van der Waals surface area contributed by atoms with Crippen LogP contribution in [-0.2, 0) is 9.84 Å². The van der Waals surface area contributed by atoms with Crippen molar-refractivity contribution in [3.05, 3.63) is 41.3 Å². The first-order chi connectivity index (χ1) is 11.3. The van der Waals surface area contributed by atoms with Crippen LogP contribution in [0.1, 0.15) is 5.82 Å². The summed E-state index contributed by atoms with van der Waals surface area (Å²) in [7, 11) is -3.04. The fraction of sp³-hybridized carbons (Fsp3) is 0.267. The second-order valence-electron chi connectivity index (χ2n) is 5.45. The Morgan fingerprint density at radius 2 is 2.08 bits per heavy atom. The molecule has 0 radical (unpaired) electrons. The molecule has 1 N–H and O–H groups in total. The lowest BCUT2D eigenvalue weighted by Gasteiger charge is -2.08. The quantitative estimate of drug-likeness (QED) is 0.745. The third kappa shape index (κ3) is 3.65. The smallest absolute Gasteiger partial charge is 0.168 e. The van der Waals surface area contributed by atoms with E-state index in [1.807, 2.05) is 12.1 Å². The summed E-state index contributed by atoms with van der Waals surface area (Å²) in [6.07, 6.45) is 2.85. The molecule has 3 aromatic rings. The number of aromatic nitrogens is 4. The van der Waals surface area contributed by atoms with Gasteiger partial charge in [0.15, 0.2) is 5.65 Å². The lowest BCUT2D eigenvalue weighted by molar-refractivity contribution is 0.602. The second kappa shape index (κ2) is 6.37. The van der Waals surface area contributed by atoms with Crippen LogP contribution >= 0.6 is 11.6 Å². The molecule has 0 spiro atoms. The van der Waals surface area contributed by atoms with Crippen LogP contribution in [-0.4, -0.2) is 46.7 Å². The number of nitrogens with zero attached hydrogens (tertiary/aromatic N) is 4. The molecule has 0 aliphatic carbocycles. The third-order valence-electron chi connectivity index (χ3n) is 3.36. The van der Waals surface area contributed by atoms with Gasteiger partial charge >= 0.3 is 0 Å². The molecule has 0 fully saturated rings. The number of sulfone groups is 1. The Bertz CT molecular complexity index is 1000. The van der Waals surface area contributed by atoms with E-state index in [-0.39, 0.29) is 12.3 Å². The molecule has 9 heteroatoms. The molecule has 2 heterocycles. The maximum absolute atomic E-state index is 11.3. The Hall–Kier alpha value is -2.19. The van der Waals surface area contributed by atoms with Gasteiger partial charge in [0.2, 0.25) is 0 Å². The Kier molecular flexibility index (Phi) is 4.42. The molecule has 3 rings (SSSR count). The molecule has 0 aliphatic rings. The van der Waals surface area contributed by atoms with Gasteiger partial charge in [0, 0.05) is 17.8 Å². The van der Waals surface area contributed by atoms with Gasteiger partial charge in [0.05, 0.1) is 23.0 Å². The van der Waals surface area contributed by atoms with Gasteiger partial charge in [-0.2, -0.15) is 5.10 Å². The number of aryl methyl sites for hydroxylation is 1. The first-order valence-corrected chi connectivity index (χ1v) is 9.67. The van der Waals surface area contributed by atoms with Crippen molar-refractivity contribution < 1.29 is 8.42 Å². The van der Waals surface area contributed by atoms with Gasteiger partial charge in [-0.05, 0) is 25.1 Å². The largest absolute Gasteiger partial charge is 0.368 e. The molecule has 0 bridgehead atoms. The topological polar surface area (TPSA) is 89.8 Å². The molecule has 1 aromatic carbocycles. The van der Waals surface area contributed by atoms with Crippen LogP contribution in [0.3, 0.4) is 0 Å². The fourth-order valence-electron chi connectivity index (χ4n) is 2.30. The SMILES string of the molecule is Cc1nc(NCCS(C)(=O)=O)c2cnn(-c3cccc(Cl)c3)c2n1. The van der Waals surface area contributed by atoms with E-state index < -0.39 is 9.84 Å². The summed E-state index contributed by atoms with van der Waals surface area (Å²) in [5.41, 5.74) is 1.42. The van der Waals surface area contributed by atoms with Gasteiger partial charge in [0.25, 0.3) is 0 Å². The zero-order valence-corrected chi connectivity index (χ0v) is 14.8. The summed E-state index contributed by atoms with van der Waals surface area (Å²) in [6.45, 7) is 2.04. The minimum atomic E-state index is -3.04. The van der Waals surface area contributed by atoms with Crippen molar-refractivity contribution in [1.29, 1.82) is 0 Å². The van der Waals surface area contributed by atoms with Gasteiger partial charge in [-0.25, -0.2) is 23.1 Å². The second-order valence-corrected chi connectivity index (χ2v) is 8.15. The normalized spacial score (nSPS) is 11.8. The van der Waals surface area contributed by atoms with Crippen molar-refractivity contribution in [2.45, 2.75) is 6.92 Å². The minimum absolute atomic E-state index is 0.0278. The molecule has 126 valence electrons. The van der Waals surface area contributed by atoms with Crippen molar-refractivity contribution in [3.8, 4) is 5.69 Å². The van der Waals surface area contributed by atoms with E-state index in [1.165, 1.54) is 6.26 Å². The van der Waals surface area contributed by atoms with E-state index >= 15 is 0 Å². The number of anilines is 1. The zero-order chi connectivity index (χ0) is 17.3. The van der Waals surface area contributed by atoms with E-state index in [0.29, 0.717) is 27.7 Å². The number of benzene rings is 1. The number of hydrogen-bond donors (Lipinski definition) is 1. The van der Waals surface area contributed by atoms with Crippen molar-refractivity contribution in [3.63, 3.8) is 0 Å². The zero-order valence-electron chi connectivity index (χ0n) is 13.2. The van der Waals surface area contributed by atoms with Crippen LogP contribution in [0.25, 0.3) is 16.7 Å². The van der Waals surface area contributed by atoms with Crippen LogP contribution < -0.4 is 5.32 Å². The van der Waals surface area contributed by atoms with E-state index in [1.54, 1.807) is 29.9 Å². The highest BCUT2D eigenvalue weighted by atomic mass is 35.5. The Balaban J connectivity index is 2.01. The summed E-state index contributed by atoms with van der Waals surface area (Å²) in [5, 5.41) is 8.74. The molecule has 7 nitrogen and oxygen atoms in total. The molecule has 24 heavy (non-hydrogen) atoms. The summed E-state index contributed by atoms with van der Waals surface area (Å²) in [4.78, 5) is 8.80. The van der Waals surface area contributed by atoms with E-state index in [2.05, 4.69) is 20.4 Å². The monoisotopic (exact) mass is 365 g/mol. The van der Waals surface area contributed by atoms with E-state index in [0.717, 1.165) is 5.69 Å². The maximum Gasteiger partial charge on any atom is 0.168 e. The number of rotatable bonds is 5. The van der Waals surface area contributed by atoms with Crippen LogP contribution in [0, 0.1) is 6.92 Å². The van der Waals surface area contributed by atoms with Crippen molar-refractivity contribution in [2.75, 3.05) is 23.9 Å². The maximum atomic E-state index is 11.3. The summed E-state index contributed by atoms with van der Waals surface area (Å²) < 4.78 is 24.2. The van der Waals surface area contributed by atoms with Crippen LogP contribution in [0.15, 0.2) is 30.5 Å². The van der Waals surface area contributed by atoms with Crippen LogP contribution in [0.2, 0.25) is 5.02 Å². The standard InChI is InChI=1S/C15H16ClN5O2S/c1-10-19-14(17-6-7-24(2,22)23)13-9-18-21(15(13)20-10)12-5-3-4-11(16)8-12/h3-5,8-9H,6-7H2,1-2H3,(H,17,19,20). The van der Waals surface area contributed by atoms with Gasteiger partial charge in [-0.3, -0.25) is 0 Å². The van der Waals surface area contributed by atoms with Crippen LogP contribution in [0.5, 0.6) is 0 Å². The molecule has 0 saturated carbocycles. The van der Waals surface area contributed by atoms with Crippen molar-refractivity contribution in [2.24, 2.45) is 0 Å². The molecule has 0 amide bonds. The van der Waals surface area contributed by atoms with Crippen molar-refractivity contribution in [1.82, 2.24) is 19.7 Å². The average Bonchev–Trinajstić information content (AvgIpc) is 2.89. The predicted octanol–water partition coefficient (Wildman–Crippen LogP) is 2.23. The Labute approximate surface area is 144 Å². The Morgan fingerprint density at radius 3 is 2.79 bits per heavy atom. The number of fused-ring (bicyclic) bond motifs is 1. The highest BCUT2D eigenvalue weighted by Crippen LogP contribution is 2.23. The van der Waals surface area contributed by atoms with Gasteiger partial charge in [0.1, 0.15) is 21.5 Å². The summed E-state index contributed by atoms with van der Waals surface area (Å²) >= 11 is 6.04. The number of halogens is 1. The molecule has 0 saturated heterocycles. The van der Waals surface area contributed by atoms with E-state index in [9.17, 15) is 8.42 Å². The molecule has 0 unspecified atom stereocenters. The van der Waals surface area contributed by atoms with Gasteiger partial charge in [-0.15, -0.1) is 0 Å². The number of hydrogen-bond acceptors (Lipinski definition) is 6. The highest BCUT2D eigenvalue weighted by Gasteiger charge is 2.13. The lowest BCUT2D eigenvalue weighted by atomic mass is 10.3. The minimum Gasteiger partial charge on any atom is -0.368 e. The fourth-order valence-corrected chi connectivity index (χ4v) is 2.96. The van der Waals surface area contributed by atoms with Gasteiger partial charge < -0.3 is 5.32 Å². The molecule has 0 atom stereocenters. The van der Waals surface area contributed by atoms with Gasteiger partial charge in [-0.1, -0.05) is 17.7 Å². The average molecular weight is 366 g/mol. The first kappa shape index (κ1) is 16.7. The Morgan fingerprint density at radius 1 is 1.29 bits per heavy atom. The highest BCUT2D eigenvalue weighted by molar-refractivity contribution is 7.90. The molecular weight excluding hydrogens is 350 g/mol.